The molecule has 6 heteroatoms. The molecule has 0 unspecified atom stereocenters. The molecule has 166 valence electrons. The largest absolute Gasteiger partial charge is 0.497 e. The van der Waals surface area contributed by atoms with Gasteiger partial charge in [-0.1, -0.05) is 60.7 Å². The lowest BCUT2D eigenvalue weighted by molar-refractivity contribution is 0.414. The van der Waals surface area contributed by atoms with Gasteiger partial charge in [0.15, 0.2) is 0 Å². The lowest BCUT2D eigenvalue weighted by atomic mass is 10.0. The molecule has 0 heterocycles. The van der Waals surface area contributed by atoms with Gasteiger partial charge in [0.25, 0.3) is 0 Å². The Bertz CT molecular complexity index is 924. The molecule has 0 spiro atoms. The van der Waals surface area contributed by atoms with Crippen molar-refractivity contribution in [1.29, 1.82) is 0 Å². The van der Waals surface area contributed by atoms with Gasteiger partial charge in [-0.3, -0.25) is 4.99 Å². The molecule has 4 nitrogen and oxygen atoms in total. The number of methoxy groups -OCH3 is 1. The molecule has 3 rings (SSSR count). The summed E-state index contributed by atoms with van der Waals surface area (Å²) in [6.45, 7) is 1.25. The first-order valence-electron chi connectivity index (χ1n) is 9.98. The first kappa shape index (κ1) is 26.5. The summed E-state index contributed by atoms with van der Waals surface area (Å²) < 4.78 is 5.18. The molecule has 0 aromatic heterocycles. The number of benzene rings is 3. The van der Waals surface area contributed by atoms with E-state index < -0.39 is 0 Å². The van der Waals surface area contributed by atoms with Crippen LogP contribution in [0.5, 0.6) is 5.75 Å². The Morgan fingerprint density at radius 2 is 1.16 bits per heavy atom. The van der Waals surface area contributed by atoms with Crippen LogP contribution in [0.4, 0.5) is 0 Å². The van der Waals surface area contributed by atoms with Crippen LogP contribution in [0.3, 0.4) is 0 Å². The minimum atomic E-state index is 0. The first-order chi connectivity index (χ1) is 14.2. The summed E-state index contributed by atoms with van der Waals surface area (Å²) in [5.41, 5.74) is 17.8. The highest BCUT2D eigenvalue weighted by Gasteiger charge is 2.01. The van der Waals surface area contributed by atoms with E-state index in [0.717, 1.165) is 30.6 Å². The number of hydrogen-bond donors (Lipinski definition) is 2. The predicted molar refractivity (Wildman–Crippen MR) is 135 cm³/mol. The molecule has 0 aliphatic heterocycles. The average Bonchev–Trinajstić information content (AvgIpc) is 2.78. The number of aryl methyl sites for hydroxylation is 2. The van der Waals surface area contributed by atoms with Gasteiger partial charge < -0.3 is 16.2 Å². The Balaban J connectivity index is 0.00000240. The van der Waals surface area contributed by atoms with Crippen molar-refractivity contribution in [2.75, 3.05) is 13.7 Å². The fourth-order valence-corrected chi connectivity index (χ4v) is 3.16. The number of nitrogens with zero attached hydrogens (tertiary/aromatic N) is 1. The summed E-state index contributed by atoms with van der Waals surface area (Å²) in [5.74, 6) is 1.45. The van der Waals surface area contributed by atoms with Gasteiger partial charge in [-0.2, -0.15) is 0 Å². The van der Waals surface area contributed by atoms with Gasteiger partial charge in [-0.25, -0.2) is 0 Å². The number of ether oxygens (including phenoxy) is 1. The van der Waals surface area contributed by atoms with Crippen LogP contribution in [0.25, 0.3) is 0 Å². The van der Waals surface area contributed by atoms with Crippen LogP contribution in [0.1, 0.15) is 27.8 Å². The van der Waals surface area contributed by atoms with Crippen LogP contribution in [0.15, 0.2) is 77.8 Å². The molecule has 0 saturated heterocycles. The van der Waals surface area contributed by atoms with Gasteiger partial charge in [-0.15, -0.1) is 24.8 Å². The van der Waals surface area contributed by atoms with Crippen molar-refractivity contribution in [3.05, 3.63) is 101 Å². The zero-order valence-electron chi connectivity index (χ0n) is 17.8. The average molecular weight is 460 g/mol. The number of rotatable bonds is 9. The second-order valence-electron chi connectivity index (χ2n) is 7.08. The van der Waals surface area contributed by atoms with E-state index in [-0.39, 0.29) is 24.8 Å². The van der Waals surface area contributed by atoms with Crippen LogP contribution in [0, 0.1) is 0 Å². The molecule has 4 N–H and O–H groups in total. The van der Waals surface area contributed by atoms with Crippen molar-refractivity contribution in [1.82, 2.24) is 0 Å². The molecular weight excluding hydrogens is 429 g/mol. The van der Waals surface area contributed by atoms with Crippen molar-refractivity contribution >= 4 is 30.6 Å². The van der Waals surface area contributed by atoms with E-state index in [0.29, 0.717) is 18.9 Å². The second kappa shape index (κ2) is 13.7. The lowest BCUT2D eigenvalue weighted by Crippen LogP contribution is -2.14. The van der Waals surface area contributed by atoms with Crippen LogP contribution in [-0.4, -0.2) is 19.5 Å². The van der Waals surface area contributed by atoms with Gasteiger partial charge in [0.2, 0.25) is 0 Å². The van der Waals surface area contributed by atoms with Crippen LogP contribution in [0.2, 0.25) is 0 Å². The summed E-state index contributed by atoms with van der Waals surface area (Å²) in [6, 6.07) is 24.9. The highest BCUT2D eigenvalue weighted by molar-refractivity contribution is 5.97. The number of amidine groups is 1. The SMILES string of the molecule is COc1ccc(CCN=C(N)c2ccc(CCc3ccc(CN)cc3)cc2)cc1.Cl.Cl. The number of halogens is 2. The summed E-state index contributed by atoms with van der Waals surface area (Å²) >= 11 is 0. The molecule has 0 aliphatic rings. The molecule has 0 fully saturated rings. The molecular formula is C25H31Cl2N3O. The van der Waals surface area contributed by atoms with Crippen LogP contribution >= 0.6 is 24.8 Å². The molecule has 0 atom stereocenters. The quantitative estimate of drug-likeness (QED) is 0.358. The maximum Gasteiger partial charge on any atom is 0.125 e. The molecule has 0 bridgehead atoms. The zero-order chi connectivity index (χ0) is 20.5. The highest BCUT2D eigenvalue weighted by Crippen LogP contribution is 2.13. The van der Waals surface area contributed by atoms with Crippen LogP contribution in [-0.2, 0) is 25.8 Å². The third kappa shape index (κ3) is 8.25. The number of nitrogens with two attached hydrogens (primary N) is 2. The third-order valence-corrected chi connectivity index (χ3v) is 5.05. The van der Waals surface area contributed by atoms with E-state index in [4.69, 9.17) is 16.2 Å². The molecule has 0 aliphatic carbocycles. The van der Waals surface area contributed by atoms with E-state index in [9.17, 15) is 0 Å². The molecule has 31 heavy (non-hydrogen) atoms. The Kier molecular flexibility index (Phi) is 11.7. The van der Waals surface area contributed by atoms with Gasteiger partial charge in [0.05, 0.1) is 7.11 Å². The molecule has 0 saturated carbocycles. The van der Waals surface area contributed by atoms with Crippen molar-refractivity contribution in [2.45, 2.75) is 25.8 Å². The maximum atomic E-state index is 6.17. The van der Waals surface area contributed by atoms with Gasteiger partial charge in [0, 0.05) is 18.7 Å². The fraction of sp³-hybridized carbons (Fsp3) is 0.240. The standard InChI is InChI=1S/C25H29N3O.2ClH/c1-29-24-14-10-21(11-15-24)16-17-28-25(27)23-12-8-20(9-13-23)3-2-19-4-6-22(18-26)7-5-19;;/h4-15H,2-3,16-18,26H2,1H3,(H2,27,28);2*1H. The summed E-state index contributed by atoms with van der Waals surface area (Å²) in [7, 11) is 1.67. The predicted octanol–water partition coefficient (Wildman–Crippen LogP) is 4.73. The Hall–Kier alpha value is -2.53. The Morgan fingerprint density at radius 1 is 0.710 bits per heavy atom. The highest BCUT2D eigenvalue weighted by atomic mass is 35.5. The topological polar surface area (TPSA) is 73.6 Å². The van der Waals surface area contributed by atoms with E-state index in [2.05, 4.69) is 65.7 Å². The smallest absolute Gasteiger partial charge is 0.125 e. The molecule has 3 aromatic rings. The lowest BCUT2D eigenvalue weighted by Gasteiger charge is -2.06. The zero-order valence-corrected chi connectivity index (χ0v) is 19.4. The van der Waals surface area contributed by atoms with E-state index in [1.54, 1.807) is 7.11 Å². The van der Waals surface area contributed by atoms with Crippen molar-refractivity contribution in [3.63, 3.8) is 0 Å². The fourth-order valence-electron chi connectivity index (χ4n) is 3.16. The van der Waals surface area contributed by atoms with Gasteiger partial charge in [0.1, 0.15) is 11.6 Å². The molecule has 3 aromatic carbocycles. The maximum absolute atomic E-state index is 6.17. The third-order valence-electron chi connectivity index (χ3n) is 5.05. The normalized spacial score (nSPS) is 10.7. The van der Waals surface area contributed by atoms with Crippen molar-refractivity contribution in [3.8, 4) is 5.75 Å². The van der Waals surface area contributed by atoms with Crippen molar-refractivity contribution in [2.24, 2.45) is 16.5 Å². The molecule has 0 radical (unpaired) electrons. The monoisotopic (exact) mass is 459 g/mol. The minimum absolute atomic E-state index is 0. The van der Waals surface area contributed by atoms with Crippen LogP contribution < -0.4 is 16.2 Å². The van der Waals surface area contributed by atoms with Crippen molar-refractivity contribution < 1.29 is 4.74 Å². The number of aliphatic imine (C=N–C) groups is 1. The minimum Gasteiger partial charge on any atom is -0.497 e. The summed E-state index contributed by atoms with van der Waals surface area (Å²) in [5, 5.41) is 0. The molecule has 0 amide bonds. The summed E-state index contributed by atoms with van der Waals surface area (Å²) in [4.78, 5) is 4.52. The Morgan fingerprint density at radius 3 is 1.68 bits per heavy atom. The number of hydrogen-bond acceptors (Lipinski definition) is 3. The van der Waals surface area contributed by atoms with Gasteiger partial charge >= 0.3 is 0 Å². The van der Waals surface area contributed by atoms with E-state index in [1.807, 2.05) is 12.1 Å². The van der Waals surface area contributed by atoms with E-state index in [1.165, 1.54) is 22.3 Å². The van der Waals surface area contributed by atoms with E-state index >= 15 is 0 Å². The second-order valence-corrected chi connectivity index (χ2v) is 7.08. The summed E-state index contributed by atoms with van der Waals surface area (Å²) in [6.07, 6.45) is 2.86. The first-order valence-corrected chi connectivity index (χ1v) is 9.98. The Labute approximate surface area is 197 Å². The van der Waals surface area contributed by atoms with Gasteiger partial charge in [-0.05, 0) is 53.6 Å².